The SMILES string of the molecule is Cc1ccc(-c2nnco2)cc1NC1CCC(N)CC1. The van der Waals surface area contributed by atoms with Crippen LogP contribution in [0.25, 0.3) is 11.5 Å². The topological polar surface area (TPSA) is 77.0 Å². The fraction of sp³-hybridized carbons (Fsp3) is 0.467. The van der Waals surface area contributed by atoms with Crippen LogP contribution in [0.4, 0.5) is 5.69 Å². The molecule has 0 atom stereocenters. The van der Waals surface area contributed by atoms with Crippen LogP contribution in [-0.2, 0) is 0 Å². The average molecular weight is 272 g/mol. The van der Waals surface area contributed by atoms with Crippen molar-refractivity contribution >= 4 is 5.69 Å². The van der Waals surface area contributed by atoms with Crippen LogP contribution in [0.2, 0.25) is 0 Å². The molecule has 20 heavy (non-hydrogen) atoms. The molecule has 0 saturated heterocycles. The third-order valence-corrected chi connectivity index (χ3v) is 3.98. The van der Waals surface area contributed by atoms with Gasteiger partial charge in [-0.15, -0.1) is 10.2 Å². The molecule has 1 aliphatic rings. The number of aromatic nitrogens is 2. The minimum Gasteiger partial charge on any atom is -0.423 e. The lowest BCUT2D eigenvalue weighted by atomic mass is 9.91. The van der Waals surface area contributed by atoms with Crippen molar-refractivity contribution in [3.8, 4) is 11.5 Å². The van der Waals surface area contributed by atoms with E-state index in [1.807, 2.05) is 6.07 Å². The molecule has 0 spiro atoms. The van der Waals surface area contributed by atoms with Gasteiger partial charge in [0.2, 0.25) is 12.3 Å². The third kappa shape index (κ3) is 2.82. The number of benzene rings is 1. The number of nitrogens with two attached hydrogens (primary N) is 1. The zero-order valence-electron chi connectivity index (χ0n) is 11.7. The van der Waals surface area contributed by atoms with Gasteiger partial charge in [0.1, 0.15) is 0 Å². The first kappa shape index (κ1) is 13.1. The van der Waals surface area contributed by atoms with Crippen LogP contribution in [0.1, 0.15) is 31.2 Å². The Morgan fingerprint density at radius 3 is 2.75 bits per heavy atom. The fourth-order valence-corrected chi connectivity index (χ4v) is 2.69. The van der Waals surface area contributed by atoms with E-state index in [9.17, 15) is 0 Å². The molecule has 1 heterocycles. The van der Waals surface area contributed by atoms with Crippen LogP contribution in [0.15, 0.2) is 29.0 Å². The second kappa shape index (κ2) is 5.63. The lowest BCUT2D eigenvalue weighted by Crippen LogP contribution is -2.32. The number of rotatable bonds is 3. The van der Waals surface area contributed by atoms with E-state index >= 15 is 0 Å². The summed E-state index contributed by atoms with van der Waals surface area (Å²) >= 11 is 0. The van der Waals surface area contributed by atoms with Crippen LogP contribution in [0.5, 0.6) is 0 Å². The summed E-state index contributed by atoms with van der Waals surface area (Å²) in [5, 5.41) is 11.3. The molecule has 0 bridgehead atoms. The van der Waals surface area contributed by atoms with E-state index in [0.29, 0.717) is 18.0 Å². The van der Waals surface area contributed by atoms with Gasteiger partial charge >= 0.3 is 0 Å². The highest BCUT2D eigenvalue weighted by Crippen LogP contribution is 2.27. The Hall–Kier alpha value is -1.88. The van der Waals surface area contributed by atoms with Crippen molar-refractivity contribution in [2.45, 2.75) is 44.7 Å². The van der Waals surface area contributed by atoms with Crippen molar-refractivity contribution in [3.05, 3.63) is 30.2 Å². The van der Waals surface area contributed by atoms with Gasteiger partial charge in [0, 0.05) is 23.3 Å². The summed E-state index contributed by atoms with van der Waals surface area (Å²) in [6, 6.07) is 7.05. The van der Waals surface area contributed by atoms with E-state index in [0.717, 1.165) is 36.9 Å². The summed E-state index contributed by atoms with van der Waals surface area (Å²) in [7, 11) is 0. The second-order valence-corrected chi connectivity index (χ2v) is 5.53. The second-order valence-electron chi connectivity index (χ2n) is 5.53. The number of aryl methyl sites for hydroxylation is 1. The molecule has 1 fully saturated rings. The van der Waals surface area contributed by atoms with Gasteiger partial charge < -0.3 is 15.5 Å². The summed E-state index contributed by atoms with van der Waals surface area (Å²) in [6.07, 6.45) is 5.81. The van der Waals surface area contributed by atoms with E-state index in [1.54, 1.807) is 0 Å². The van der Waals surface area contributed by atoms with Gasteiger partial charge in [0.05, 0.1) is 0 Å². The van der Waals surface area contributed by atoms with Crippen molar-refractivity contribution in [3.63, 3.8) is 0 Å². The highest BCUT2D eigenvalue weighted by atomic mass is 16.4. The molecule has 3 rings (SSSR count). The Kier molecular flexibility index (Phi) is 3.69. The van der Waals surface area contributed by atoms with E-state index < -0.39 is 0 Å². The van der Waals surface area contributed by atoms with Gasteiger partial charge in [-0.25, -0.2) is 0 Å². The summed E-state index contributed by atoms with van der Waals surface area (Å²) in [5.41, 5.74) is 9.27. The van der Waals surface area contributed by atoms with Crippen molar-refractivity contribution in [1.29, 1.82) is 0 Å². The summed E-state index contributed by atoms with van der Waals surface area (Å²) in [5.74, 6) is 0.554. The summed E-state index contributed by atoms with van der Waals surface area (Å²) in [6.45, 7) is 2.11. The molecule has 0 radical (unpaired) electrons. The zero-order valence-corrected chi connectivity index (χ0v) is 11.7. The molecule has 2 aromatic rings. The van der Waals surface area contributed by atoms with Crippen LogP contribution in [-0.4, -0.2) is 22.3 Å². The van der Waals surface area contributed by atoms with Crippen molar-refractivity contribution in [1.82, 2.24) is 10.2 Å². The molecule has 106 valence electrons. The molecule has 3 N–H and O–H groups in total. The van der Waals surface area contributed by atoms with Gasteiger partial charge in [-0.2, -0.15) is 0 Å². The normalized spacial score (nSPS) is 22.7. The van der Waals surface area contributed by atoms with Crippen LogP contribution >= 0.6 is 0 Å². The molecule has 5 nitrogen and oxygen atoms in total. The number of nitrogens with one attached hydrogen (secondary N) is 1. The number of anilines is 1. The molecule has 5 heteroatoms. The number of hydrogen-bond donors (Lipinski definition) is 2. The summed E-state index contributed by atoms with van der Waals surface area (Å²) in [4.78, 5) is 0. The highest BCUT2D eigenvalue weighted by Gasteiger charge is 2.19. The van der Waals surface area contributed by atoms with Crippen LogP contribution in [0, 0.1) is 6.92 Å². The molecular weight excluding hydrogens is 252 g/mol. The monoisotopic (exact) mass is 272 g/mol. The Bertz CT molecular complexity index is 559. The fourth-order valence-electron chi connectivity index (χ4n) is 2.69. The van der Waals surface area contributed by atoms with Gasteiger partial charge in [0.15, 0.2) is 0 Å². The first-order valence-electron chi connectivity index (χ1n) is 7.11. The Labute approximate surface area is 118 Å². The van der Waals surface area contributed by atoms with Crippen LogP contribution in [0.3, 0.4) is 0 Å². The smallest absolute Gasteiger partial charge is 0.247 e. The van der Waals surface area contributed by atoms with Gasteiger partial charge in [-0.05, 0) is 50.3 Å². The van der Waals surface area contributed by atoms with Gasteiger partial charge in [0.25, 0.3) is 0 Å². The highest BCUT2D eigenvalue weighted by molar-refractivity contribution is 5.64. The number of nitrogens with zero attached hydrogens (tertiary/aromatic N) is 2. The Morgan fingerprint density at radius 2 is 2.05 bits per heavy atom. The average Bonchev–Trinajstić information content (AvgIpc) is 2.98. The largest absolute Gasteiger partial charge is 0.423 e. The van der Waals surface area contributed by atoms with E-state index in [1.165, 1.54) is 12.0 Å². The molecule has 0 amide bonds. The maximum Gasteiger partial charge on any atom is 0.247 e. The van der Waals surface area contributed by atoms with E-state index in [2.05, 4.69) is 34.6 Å². The standard InChI is InChI=1S/C15H20N4O/c1-10-2-3-11(15-19-17-9-20-15)8-14(10)18-13-6-4-12(16)5-7-13/h2-3,8-9,12-13,18H,4-7,16H2,1H3. The third-order valence-electron chi connectivity index (χ3n) is 3.98. The first-order valence-corrected chi connectivity index (χ1v) is 7.11. The lowest BCUT2D eigenvalue weighted by molar-refractivity contribution is 0.411. The van der Waals surface area contributed by atoms with Crippen molar-refractivity contribution in [2.24, 2.45) is 5.73 Å². The molecule has 1 saturated carbocycles. The molecular formula is C15H20N4O. The first-order chi connectivity index (χ1) is 9.72. The molecule has 1 aromatic carbocycles. The Balaban J connectivity index is 1.77. The predicted octanol–water partition coefficient (Wildman–Crippen LogP) is 2.73. The summed E-state index contributed by atoms with van der Waals surface area (Å²) < 4.78 is 5.25. The number of hydrogen-bond acceptors (Lipinski definition) is 5. The van der Waals surface area contributed by atoms with Gasteiger partial charge in [-0.3, -0.25) is 0 Å². The van der Waals surface area contributed by atoms with Crippen molar-refractivity contribution < 1.29 is 4.42 Å². The predicted molar refractivity (Wildman–Crippen MR) is 78.3 cm³/mol. The molecule has 1 aromatic heterocycles. The maximum absolute atomic E-state index is 5.95. The van der Waals surface area contributed by atoms with Gasteiger partial charge in [-0.1, -0.05) is 6.07 Å². The minimum absolute atomic E-state index is 0.374. The molecule has 0 unspecified atom stereocenters. The van der Waals surface area contributed by atoms with Crippen molar-refractivity contribution in [2.75, 3.05) is 5.32 Å². The van der Waals surface area contributed by atoms with E-state index in [4.69, 9.17) is 10.2 Å². The lowest BCUT2D eigenvalue weighted by Gasteiger charge is -2.28. The molecule has 1 aliphatic carbocycles. The zero-order chi connectivity index (χ0) is 13.9. The molecule has 0 aliphatic heterocycles. The van der Waals surface area contributed by atoms with E-state index in [-0.39, 0.29) is 0 Å². The Morgan fingerprint density at radius 1 is 1.25 bits per heavy atom. The van der Waals surface area contributed by atoms with Crippen LogP contribution < -0.4 is 11.1 Å². The quantitative estimate of drug-likeness (QED) is 0.898. The maximum atomic E-state index is 5.95. The minimum atomic E-state index is 0.374.